The summed E-state index contributed by atoms with van der Waals surface area (Å²) in [5, 5.41) is 12.0. The maximum absolute atomic E-state index is 12.3. The van der Waals surface area contributed by atoms with Gasteiger partial charge in [-0.05, 0) is 84.0 Å². The van der Waals surface area contributed by atoms with Crippen LogP contribution in [0.4, 0.5) is 0 Å². The van der Waals surface area contributed by atoms with E-state index in [2.05, 4.69) is 15.5 Å². The molecule has 4 fully saturated rings. The van der Waals surface area contributed by atoms with Crippen molar-refractivity contribution < 1.29 is 9.21 Å². The van der Waals surface area contributed by atoms with Gasteiger partial charge >= 0.3 is 0 Å². The predicted molar refractivity (Wildman–Crippen MR) is 97.4 cm³/mol. The zero-order valence-corrected chi connectivity index (χ0v) is 16.5. The number of carbonyl (C=O) groups is 1. The molecule has 4 bridgehead atoms. The number of carbonyl (C=O) groups excluding carboxylic acids is 1. The molecular formula is C19H29N3O2S. The van der Waals surface area contributed by atoms with Gasteiger partial charge in [-0.15, -0.1) is 10.2 Å². The highest BCUT2D eigenvalue weighted by Gasteiger charge is 2.54. The highest BCUT2D eigenvalue weighted by atomic mass is 32.2. The summed E-state index contributed by atoms with van der Waals surface area (Å²) in [7, 11) is 0. The lowest BCUT2D eigenvalue weighted by molar-refractivity contribution is -0.121. The summed E-state index contributed by atoms with van der Waals surface area (Å²) in [5.74, 6) is 3.40. The second kappa shape index (κ2) is 6.00. The van der Waals surface area contributed by atoms with Crippen LogP contribution in [0.5, 0.6) is 0 Å². The second-order valence-electron chi connectivity index (χ2n) is 9.57. The van der Waals surface area contributed by atoms with E-state index in [9.17, 15) is 4.79 Å². The van der Waals surface area contributed by atoms with Gasteiger partial charge in [0.1, 0.15) is 0 Å². The van der Waals surface area contributed by atoms with Crippen LogP contribution in [0, 0.1) is 17.8 Å². The number of nitrogens with one attached hydrogen (secondary N) is 1. The normalized spacial score (nSPS) is 35.0. The summed E-state index contributed by atoms with van der Waals surface area (Å²) in [4.78, 5) is 12.3. The molecule has 25 heavy (non-hydrogen) atoms. The van der Waals surface area contributed by atoms with Gasteiger partial charge in [-0.3, -0.25) is 4.79 Å². The van der Waals surface area contributed by atoms with Crippen molar-refractivity contribution in [1.82, 2.24) is 15.5 Å². The summed E-state index contributed by atoms with van der Waals surface area (Å²) in [6.45, 7) is 7.85. The molecule has 5 nitrogen and oxygen atoms in total. The molecule has 0 saturated heterocycles. The number of hydrogen-bond donors (Lipinski definition) is 1. The molecule has 1 N–H and O–H groups in total. The van der Waals surface area contributed by atoms with Gasteiger partial charge in [-0.25, -0.2) is 0 Å². The topological polar surface area (TPSA) is 68.0 Å². The Morgan fingerprint density at radius 3 is 2.24 bits per heavy atom. The van der Waals surface area contributed by atoms with E-state index in [4.69, 9.17) is 4.42 Å². The Morgan fingerprint density at radius 2 is 1.72 bits per heavy atom. The van der Waals surface area contributed by atoms with E-state index in [1.807, 2.05) is 27.7 Å². The third-order valence-corrected chi connectivity index (χ3v) is 6.98. The van der Waals surface area contributed by atoms with Gasteiger partial charge in [-0.2, -0.15) is 0 Å². The van der Waals surface area contributed by atoms with Gasteiger partial charge in [0.25, 0.3) is 5.22 Å². The van der Waals surface area contributed by atoms with Crippen LogP contribution < -0.4 is 5.32 Å². The van der Waals surface area contributed by atoms with Crippen molar-refractivity contribution in [3.05, 3.63) is 5.89 Å². The van der Waals surface area contributed by atoms with Crippen molar-refractivity contribution in [3.63, 3.8) is 0 Å². The highest BCUT2D eigenvalue weighted by molar-refractivity contribution is 8.00. The summed E-state index contributed by atoms with van der Waals surface area (Å²) in [6, 6.07) is 0. The first-order chi connectivity index (χ1) is 11.7. The summed E-state index contributed by atoms with van der Waals surface area (Å²) in [5.41, 5.74) is -0.109. The predicted octanol–water partition coefficient (Wildman–Crippen LogP) is 3.93. The average Bonchev–Trinajstić information content (AvgIpc) is 2.93. The van der Waals surface area contributed by atoms with E-state index in [0.29, 0.717) is 5.22 Å². The number of aromatic nitrogens is 2. The zero-order valence-electron chi connectivity index (χ0n) is 15.7. The molecular weight excluding hydrogens is 334 g/mol. The molecule has 1 heterocycles. The molecule has 138 valence electrons. The average molecular weight is 364 g/mol. The Bertz CT molecular complexity index is 629. The second-order valence-corrected chi connectivity index (χ2v) is 10.9. The zero-order chi connectivity index (χ0) is 17.8. The van der Waals surface area contributed by atoms with Gasteiger partial charge < -0.3 is 9.73 Å². The fraction of sp³-hybridized carbons (Fsp3) is 0.842. The molecule has 4 saturated carbocycles. The first-order valence-electron chi connectivity index (χ1n) is 9.55. The van der Waals surface area contributed by atoms with Crippen LogP contribution in [-0.4, -0.2) is 26.9 Å². The monoisotopic (exact) mass is 363 g/mol. The SMILES string of the molecule is C[C@@H](Sc1nnc(C23CC4CC(CC(C4)C2)C3)o1)C(=O)NC(C)(C)C. The fourth-order valence-electron chi connectivity index (χ4n) is 5.52. The van der Waals surface area contributed by atoms with Crippen molar-refractivity contribution in [2.75, 3.05) is 0 Å². The van der Waals surface area contributed by atoms with Crippen molar-refractivity contribution in [2.24, 2.45) is 17.8 Å². The maximum atomic E-state index is 12.3. The van der Waals surface area contributed by atoms with E-state index < -0.39 is 0 Å². The molecule has 0 unspecified atom stereocenters. The molecule has 0 spiro atoms. The Kier molecular flexibility index (Phi) is 4.17. The molecule has 0 radical (unpaired) electrons. The molecule has 1 atom stereocenters. The summed E-state index contributed by atoms with van der Waals surface area (Å²) < 4.78 is 6.08. The molecule has 4 aliphatic rings. The van der Waals surface area contributed by atoms with Crippen molar-refractivity contribution in [2.45, 2.75) is 87.6 Å². The van der Waals surface area contributed by atoms with E-state index in [1.165, 1.54) is 50.3 Å². The van der Waals surface area contributed by atoms with E-state index in [1.54, 1.807) is 0 Å². The fourth-order valence-corrected chi connectivity index (χ4v) is 6.20. The standard InChI is InChI=1S/C19H29N3O2S/c1-11(15(23)20-18(2,3)4)25-17-22-21-16(24-17)19-8-12-5-13(9-19)7-14(6-12)10-19/h11-14H,5-10H2,1-4H3,(H,20,23)/t11-,12?,13?,14?,19?/m1/s1. The third-order valence-electron chi connectivity index (χ3n) is 6.04. The minimum absolute atomic E-state index is 0.00653. The number of rotatable bonds is 4. The molecule has 1 aromatic rings. The number of amides is 1. The molecule has 1 amide bonds. The lowest BCUT2D eigenvalue weighted by atomic mass is 9.49. The van der Waals surface area contributed by atoms with E-state index in [0.717, 1.165) is 23.6 Å². The van der Waals surface area contributed by atoms with Crippen LogP contribution >= 0.6 is 11.8 Å². The van der Waals surface area contributed by atoms with Gasteiger partial charge in [0.2, 0.25) is 11.8 Å². The van der Waals surface area contributed by atoms with Crippen LogP contribution in [0.15, 0.2) is 9.64 Å². The van der Waals surface area contributed by atoms with Crippen molar-refractivity contribution >= 4 is 17.7 Å². The van der Waals surface area contributed by atoms with Gasteiger partial charge in [0.15, 0.2) is 0 Å². The number of nitrogens with zero attached hydrogens (tertiary/aromatic N) is 2. The Labute approximate surface area is 154 Å². The Morgan fingerprint density at radius 1 is 1.16 bits per heavy atom. The quantitative estimate of drug-likeness (QED) is 0.821. The largest absolute Gasteiger partial charge is 0.415 e. The Balaban J connectivity index is 1.45. The van der Waals surface area contributed by atoms with Crippen molar-refractivity contribution in [1.29, 1.82) is 0 Å². The molecule has 6 heteroatoms. The highest BCUT2D eigenvalue weighted by Crippen LogP contribution is 2.60. The van der Waals surface area contributed by atoms with Crippen LogP contribution in [0.1, 0.15) is 72.1 Å². The smallest absolute Gasteiger partial charge is 0.277 e. The van der Waals surface area contributed by atoms with Crippen molar-refractivity contribution in [3.8, 4) is 0 Å². The summed E-state index contributed by atoms with van der Waals surface area (Å²) >= 11 is 1.36. The van der Waals surface area contributed by atoms with Gasteiger partial charge in [-0.1, -0.05) is 11.8 Å². The van der Waals surface area contributed by atoms with Gasteiger partial charge in [0.05, 0.1) is 5.25 Å². The Hall–Kier alpha value is -1.04. The van der Waals surface area contributed by atoms with E-state index >= 15 is 0 Å². The van der Waals surface area contributed by atoms with Crippen LogP contribution in [0.2, 0.25) is 0 Å². The molecule has 1 aromatic heterocycles. The maximum Gasteiger partial charge on any atom is 0.277 e. The van der Waals surface area contributed by atoms with Crippen LogP contribution in [0.3, 0.4) is 0 Å². The van der Waals surface area contributed by atoms with Gasteiger partial charge in [0, 0.05) is 11.0 Å². The molecule has 0 aromatic carbocycles. The first-order valence-corrected chi connectivity index (χ1v) is 10.4. The minimum Gasteiger partial charge on any atom is -0.415 e. The molecule has 0 aliphatic heterocycles. The first kappa shape index (κ1) is 17.4. The third kappa shape index (κ3) is 3.46. The lowest BCUT2D eigenvalue weighted by Crippen LogP contribution is -2.48. The number of hydrogen-bond acceptors (Lipinski definition) is 5. The lowest BCUT2D eigenvalue weighted by Gasteiger charge is -2.55. The minimum atomic E-state index is -0.246. The molecule has 5 rings (SSSR count). The summed E-state index contributed by atoms with van der Waals surface area (Å²) in [6.07, 6.45) is 7.85. The number of thioether (sulfide) groups is 1. The van der Waals surface area contributed by atoms with Crippen LogP contribution in [-0.2, 0) is 10.2 Å². The van der Waals surface area contributed by atoms with E-state index in [-0.39, 0.29) is 22.1 Å². The van der Waals surface area contributed by atoms with Crippen LogP contribution in [0.25, 0.3) is 0 Å². The molecule has 4 aliphatic carbocycles.